The summed E-state index contributed by atoms with van der Waals surface area (Å²) in [5.41, 5.74) is 8.66. The lowest BCUT2D eigenvalue weighted by molar-refractivity contribution is 0.968. The van der Waals surface area contributed by atoms with Gasteiger partial charge in [0.05, 0.1) is 0 Å². The molecule has 0 saturated heterocycles. The highest BCUT2D eigenvalue weighted by Gasteiger charge is 2.36. The minimum atomic E-state index is 0.335. The maximum Gasteiger partial charge on any atom is 0.0329 e. The van der Waals surface area contributed by atoms with E-state index in [1.165, 1.54) is 43.8 Å². The van der Waals surface area contributed by atoms with Crippen molar-refractivity contribution in [3.8, 4) is 11.1 Å². The zero-order chi connectivity index (χ0) is 17.1. The van der Waals surface area contributed by atoms with Crippen LogP contribution in [0.2, 0.25) is 0 Å². The van der Waals surface area contributed by atoms with Gasteiger partial charge in [-0.05, 0) is 43.8 Å². The summed E-state index contributed by atoms with van der Waals surface area (Å²) in [5.74, 6) is 0.712. The molecule has 1 unspecified atom stereocenters. The highest BCUT2D eigenvalue weighted by atomic mass is 14.4. The first-order valence-corrected chi connectivity index (χ1v) is 9.30. The zero-order valence-corrected chi connectivity index (χ0v) is 14.4. The van der Waals surface area contributed by atoms with Crippen molar-refractivity contribution in [2.75, 3.05) is 0 Å². The number of rotatable bonds is 1. The van der Waals surface area contributed by atoms with Gasteiger partial charge in [0.2, 0.25) is 0 Å². The molecule has 3 aliphatic rings. The van der Waals surface area contributed by atoms with Gasteiger partial charge in [0.1, 0.15) is 0 Å². The molecule has 0 bridgehead atoms. The van der Waals surface area contributed by atoms with E-state index in [4.69, 9.17) is 0 Å². The summed E-state index contributed by atoms with van der Waals surface area (Å²) in [4.78, 5) is 0. The molecule has 26 heavy (non-hydrogen) atoms. The molecule has 0 aromatic heterocycles. The van der Waals surface area contributed by atoms with Gasteiger partial charge in [-0.2, -0.15) is 0 Å². The third-order valence-electron chi connectivity index (χ3n) is 6.05. The Morgan fingerprint density at radius 2 is 1.19 bits per heavy atom. The van der Waals surface area contributed by atoms with Gasteiger partial charge in [0.25, 0.3) is 0 Å². The van der Waals surface area contributed by atoms with Crippen LogP contribution in [0, 0.1) is 5.92 Å². The van der Waals surface area contributed by atoms with Crippen LogP contribution in [0.4, 0.5) is 0 Å². The smallest absolute Gasteiger partial charge is 0.0329 e. The fourth-order valence-corrected chi connectivity index (χ4v) is 5.05. The van der Waals surface area contributed by atoms with Gasteiger partial charge in [0.15, 0.2) is 0 Å². The van der Waals surface area contributed by atoms with E-state index in [1.54, 1.807) is 0 Å². The van der Waals surface area contributed by atoms with Crippen molar-refractivity contribution >= 4 is 11.1 Å². The van der Waals surface area contributed by atoms with E-state index in [2.05, 4.69) is 97.1 Å². The summed E-state index contributed by atoms with van der Waals surface area (Å²) < 4.78 is 0. The molecule has 3 aliphatic carbocycles. The van der Waals surface area contributed by atoms with Crippen LogP contribution in [-0.2, 0) is 0 Å². The Balaban J connectivity index is 1.73. The Bertz CT molecular complexity index is 1190. The van der Waals surface area contributed by atoms with Crippen molar-refractivity contribution in [1.82, 2.24) is 0 Å². The van der Waals surface area contributed by atoms with Gasteiger partial charge < -0.3 is 0 Å². The summed E-state index contributed by atoms with van der Waals surface area (Å²) in [7, 11) is 0. The molecule has 0 fully saturated rings. The van der Waals surface area contributed by atoms with E-state index in [-0.39, 0.29) is 0 Å². The van der Waals surface area contributed by atoms with E-state index in [0.29, 0.717) is 11.8 Å². The largest absolute Gasteiger partial charge is 0.0729 e. The second kappa shape index (κ2) is 5.19. The van der Waals surface area contributed by atoms with E-state index in [0.717, 1.165) is 0 Å². The van der Waals surface area contributed by atoms with Crippen LogP contribution in [0.1, 0.15) is 17.0 Å². The minimum absolute atomic E-state index is 0.335. The molecule has 0 heteroatoms. The van der Waals surface area contributed by atoms with Crippen LogP contribution in [0.25, 0.3) is 22.3 Å². The van der Waals surface area contributed by atoms with Crippen LogP contribution < -0.4 is 10.4 Å². The second-order valence-electron chi connectivity index (χ2n) is 7.29. The monoisotopic (exact) mass is 330 g/mol. The maximum atomic E-state index is 2.37. The SMILES string of the molecule is C1=CC2=c3ccccc3=C(C3c4ccccc4-c4ccccc43)C2C=C1. The van der Waals surface area contributed by atoms with Crippen molar-refractivity contribution in [2.24, 2.45) is 5.92 Å². The van der Waals surface area contributed by atoms with Gasteiger partial charge in [-0.1, -0.05) is 97.1 Å². The summed E-state index contributed by atoms with van der Waals surface area (Å²) in [6.45, 7) is 0. The molecule has 0 amide bonds. The molecule has 0 N–H and O–H groups in total. The molecular weight excluding hydrogens is 312 g/mol. The van der Waals surface area contributed by atoms with E-state index in [1.807, 2.05) is 0 Å². The third-order valence-corrected chi connectivity index (χ3v) is 6.05. The molecule has 3 aromatic rings. The molecule has 1 atom stereocenters. The molecule has 0 heterocycles. The quantitative estimate of drug-likeness (QED) is 0.614. The normalized spacial score (nSPS) is 19.3. The Morgan fingerprint density at radius 3 is 1.92 bits per heavy atom. The lowest BCUT2D eigenvalue weighted by Crippen LogP contribution is -2.24. The highest BCUT2D eigenvalue weighted by Crippen LogP contribution is 2.51. The molecule has 0 aliphatic heterocycles. The van der Waals surface area contributed by atoms with Crippen LogP contribution in [0.3, 0.4) is 0 Å². The number of hydrogen-bond acceptors (Lipinski definition) is 0. The fraction of sp³-hybridized carbons (Fsp3) is 0.0769. The van der Waals surface area contributed by atoms with Crippen LogP contribution >= 0.6 is 0 Å². The van der Waals surface area contributed by atoms with Gasteiger partial charge >= 0.3 is 0 Å². The summed E-state index contributed by atoms with van der Waals surface area (Å²) in [6, 6.07) is 26.8. The standard InChI is InChI=1S/C26H18/c1-5-13-21-17(9-1)18-10-2-6-14-22(18)25(21)26-23-15-7-3-11-19(23)20-12-4-8-16-24(20)26/h1-16,21,26H. The Hall–Kier alpha value is -3.12. The van der Waals surface area contributed by atoms with E-state index < -0.39 is 0 Å². The molecule has 0 saturated carbocycles. The Kier molecular flexibility index (Phi) is 2.81. The van der Waals surface area contributed by atoms with Gasteiger partial charge in [-0.15, -0.1) is 0 Å². The average Bonchev–Trinajstić information content (AvgIpc) is 3.21. The van der Waals surface area contributed by atoms with Crippen molar-refractivity contribution in [2.45, 2.75) is 5.92 Å². The van der Waals surface area contributed by atoms with Crippen molar-refractivity contribution in [3.05, 3.63) is 119 Å². The Labute approximate surface area is 153 Å². The summed E-state index contributed by atoms with van der Waals surface area (Å²) in [6.07, 6.45) is 9.03. The van der Waals surface area contributed by atoms with Gasteiger partial charge in [0, 0.05) is 11.8 Å². The fourth-order valence-electron chi connectivity index (χ4n) is 5.05. The zero-order valence-electron chi connectivity index (χ0n) is 14.4. The third kappa shape index (κ3) is 1.74. The lowest BCUT2D eigenvalue weighted by Gasteiger charge is -2.23. The predicted octanol–water partition coefficient (Wildman–Crippen LogP) is 4.56. The average molecular weight is 330 g/mol. The topological polar surface area (TPSA) is 0 Å². The van der Waals surface area contributed by atoms with Gasteiger partial charge in [-0.3, -0.25) is 0 Å². The van der Waals surface area contributed by atoms with Crippen LogP contribution in [0.5, 0.6) is 0 Å². The first-order valence-electron chi connectivity index (χ1n) is 9.30. The molecule has 6 rings (SSSR count). The van der Waals surface area contributed by atoms with E-state index >= 15 is 0 Å². The highest BCUT2D eigenvalue weighted by molar-refractivity contribution is 5.90. The molecular formula is C26H18. The predicted molar refractivity (Wildman–Crippen MR) is 108 cm³/mol. The van der Waals surface area contributed by atoms with E-state index in [9.17, 15) is 0 Å². The van der Waals surface area contributed by atoms with Crippen molar-refractivity contribution in [1.29, 1.82) is 0 Å². The number of hydrogen-bond donors (Lipinski definition) is 0. The van der Waals surface area contributed by atoms with Gasteiger partial charge in [-0.25, -0.2) is 0 Å². The molecule has 3 aromatic carbocycles. The second-order valence-corrected chi connectivity index (χ2v) is 7.29. The molecule has 122 valence electrons. The summed E-state index contributed by atoms with van der Waals surface area (Å²) in [5, 5.41) is 2.81. The molecule has 0 spiro atoms. The first-order chi connectivity index (χ1) is 12.9. The summed E-state index contributed by atoms with van der Waals surface area (Å²) >= 11 is 0. The van der Waals surface area contributed by atoms with Crippen LogP contribution in [0.15, 0.2) is 97.1 Å². The first kappa shape index (κ1) is 14.1. The minimum Gasteiger partial charge on any atom is -0.0729 e. The molecule has 0 nitrogen and oxygen atoms in total. The lowest BCUT2D eigenvalue weighted by atomic mass is 9.79. The molecule has 0 radical (unpaired) electrons. The van der Waals surface area contributed by atoms with Crippen LogP contribution in [-0.4, -0.2) is 0 Å². The Morgan fingerprint density at radius 1 is 0.577 bits per heavy atom. The van der Waals surface area contributed by atoms with Crippen molar-refractivity contribution < 1.29 is 0 Å². The van der Waals surface area contributed by atoms with Crippen molar-refractivity contribution in [3.63, 3.8) is 0 Å². The maximum absolute atomic E-state index is 2.37. The number of allylic oxidation sites excluding steroid dienone is 4. The number of benzene rings is 3. The number of fused-ring (bicyclic) bond motifs is 5.